The number of nitrogens with one attached hydrogen (secondary N) is 1. The van der Waals surface area contributed by atoms with Gasteiger partial charge in [0.25, 0.3) is 0 Å². The largest absolute Gasteiger partial charge is 0.392 e. The highest BCUT2D eigenvalue weighted by molar-refractivity contribution is 5.00. The first-order valence-corrected chi connectivity index (χ1v) is 4.60. The molecule has 0 amide bonds. The highest BCUT2D eigenvalue weighted by Crippen LogP contribution is 2.36. The third-order valence-corrected chi connectivity index (χ3v) is 2.84. The van der Waals surface area contributed by atoms with Crippen LogP contribution < -0.4 is 5.32 Å². The van der Waals surface area contributed by atoms with Crippen LogP contribution >= 0.6 is 0 Å². The van der Waals surface area contributed by atoms with Crippen molar-refractivity contribution in [1.82, 2.24) is 5.32 Å². The summed E-state index contributed by atoms with van der Waals surface area (Å²) >= 11 is 0. The molecule has 0 aromatic rings. The van der Waals surface area contributed by atoms with Crippen LogP contribution in [0.3, 0.4) is 0 Å². The predicted octanol–water partition coefficient (Wildman–Crippen LogP) is 2.64. The number of halogens is 1. The summed E-state index contributed by atoms with van der Waals surface area (Å²) in [5, 5.41) is 3.05. The van der Waals surface area contributed by atoms with Crippen molar-refractivity contribution in [2.75, 3.05) is 7.05 Å². The van der Waals surface area contributed by atoms with Gasteiger partial charge in [0.05, 0.1) is 0 Å². The van der Waals surface area contributed by atoms with Gasteiger partial charge < -0.3 is 5.32 Å². The third kappa shape index (κ3) is 2.23. The molecule has 0 radical (unpaired) electrons. The van der Waals surface area contributed by atoms with Gasteiger partial charge >= 0.3 is 0 Å². The zero-order valence-corrected chi connectivity index (χ0v) is 7.99. The summed E-state index contributed by atoms with van der Waals surface area (Å²) in [6.45, 7) is 5.61. The molecule has 1 fully saturated rings. The van der Waals surface area contributed by atoms with Crippen LogP contribution in [0.25, 0.3) is 0 Å². The molecule has 0 aromatic carbocycles. The van der Waals surface area contributed by atoms with Gasteiger partial charge in [0, 0.05) is 12.7 Å². The fourth-order valence-corrected chi connectivity index (χ4v) is 1.77. The van der Waals surface area contributed by atoms with E-state index in [1.807, 2.05) is 7.05 Å². The Morgan fingerprint density at radius 3 is 2.42 bits per heavy atom. The fraction of sp³-hybridized carbons (Fsp3) is 0.800. The van der Waals surface area contributed by atoms with Crippen molar-refractivity contribution < 1.29 is 4.39 Å². The zero-order valence-electron chi connectivity index (χ0n) is 7.99. The fourth-order valence-electron chi connectivity index (χ4n) is 1.77. The van der Waals surface area contributed by atoms with Crippen LogP contribution in [0.15, 0.2) is 12.3 Å². The van der Waals surface area contributed by atoms with E-state index < -0.39 is 5.67 Å². The van der Waals surface area contributed by atoms with Crippen molar-refractivity contribution >= 4 is 0 Å². The molecular weight excluding hydrogens is 153 g/mol. The predicted molar refractivity (Wildman–Crippen MR) is 49.7 cm³/mol. The van der Waals surface area contributed by atoms with Crippen molar-refractivity contribution in [3.8, 4) is 0 Å². The summed E-state index contributed by atoms with van der Waals surface area (Å²) in [7, 11) is 1.88. The molecule has 1 N–H and O–H groups in total. The van der Waals surface area contributed by atoms with Gasteiger partial charge in [-0.1, -0.05) is 6.58 Å². The highest BCUT2D eigenvalue weighted by Gasteiger charge is 2.31. The molecule has 0 atom stereocenters. The Labute approximate surface area is 74.0 Å². The average molecular weight is 171 g/mol. The zero-order chi connectivity index (χ0) is 9.19. The topological polar surface area (TPSA) is 12.0 Å². The van der Waals surface area contributed by atoms with Crippen molar-refractivity contribution in [2.24, 2.45) is 5.92 Å². The lowest BCUT2D eigenvalue weighted by atomic mass is 9.80. The summed E-state index contributed by atoms with van der Waals surface area (Å²) in [6, 6.07) is 0. The SMILES string of the molecule is C=C(NC)C1CCC(C)(F)CC1. The average Bonchev–Trinajstić information content (AvgIpc) is 2.03. The highest BCUT2D eigenvalue weighted by atomic mass is 19.1. The van der Waals surface area contributed by atoms with Crippen molar-refractivity contribution in [1.29, 1.82) is 0 Å². The smallest absolute Gasteiger partial charge is 0.108 e. The van der Waals surface area contributed by atoms with Crippen molar-refractivity contribution in [3.63, 3.8) is 0 Å². The molecule has 1 aliphatic rings. The molecule has 0 aliphatic heterocycles. The van der Waals surface area contributed by atoms with Gasteiger partial charge in [0.2, 0.25) is 0 Å². The quantitative estimate of drug-likeness (QED) is 0.673. The van der Waals surface area contributed by atoms with Crippen LogP contribution in [0.1, 0.15) is 32.6 Å². The van der Waals surface area contributed by atoms with Gasteiger partial charge in [-0.25, -0.2) is 4.39 Å². The summed E-state index contributed by atoms with van der Waals surface area (Å²) in [6.07, 6.45) is 3.23. The first-order valence-electron chi connectivity index (χ1n) is 4.60. The van der Waals surface area contributed by atoms with Crippen LogP contribution in [-0.2, 0) is 0 Å². The molecule has 1 saturated carbocycles. The van der Waals surface area contributed by atoms with E-state index in [-0.39, 0.29) is 0 Å². The Morgan fingerprint density at radius 1 is 1.50 bits per heavy atom. The molecule has 12 heavy (non-hydrogen) atoms. The Morgan fingerprint density at radius 2 is 2.00 bits per heavy atom. The van der Waals surface area contributed by atoms with Crippen molar-refractivity contribution in [3.05, 3.63) is 12.3 Å². The molecule has 1 aliphatic carbocycles. The van der Waals surface area contributed by atoms with Crippen LogP contribution in [0.4, 0.5) is 4.39 Å². The number of hydrogen-bond donors (Lipinski definition) is 1. The molecular formula is C10H18FN. The van der Waals surface area contributed by atoms with E-state index in [9.17, 15) is 4.39 Å². The summed E-state index contributed by atoms with van der Waals surface area (Å²) < 4.78 is 13.4. The Hall–Kier alpha value is -0.530. The van der Waals surface area contributed by atoms with Crippen LogP contribution in [0.2, 0.25) is 0 Å². The van der Waals surface area contributed by atoms with Crippen molar-refractivity contribution in [2.45, 2.75) is 38.3 Å². The lowest BCUT2D eigenvalue weighted by Gasteiger charge is -2.31. The van der Waals surface area contributed by atoms with Gasteiger partial charge in [0.15, 0.2) is 0 Å². The molecule has 0 heterocycles. The van der Waals surface area contributed by atoms with E-state index in [0.29, 0.717) is 18.8 Å². The minimum atomic E-state index is -0.926. The van der Waals surface area contributed by atoms with Crippen LogP contribution in [0, 0.1) is 5.92 Å². The van der Waals surface area contributed by atoms with E-state index in [0.717, 1.165) is 18.5 Å². The van der Waals surface area contributed by atoms with E-state index >= 15 is 0 Å². The third-order valence-electron chi connectivity index (χ3n) is 2.84. The molecule has 0 spiro atoms. The second-order valence-electron chi connectivity index (χ2n) is 3.96. The molecule has 0 unspecified atom stereocenters. The molecule has 1 rings (SSSR count). The van der Waals surface area contributed by atoms with E-state index in [1.54, 1.807) is 6.92 Å². The molecule has 2 heteroatoms. The molecule has 0 bridgehead atoms. The second kappa shape index (κ2) is 3.46. The first-order chi connectivity index (χ1) is 5.55. The number of hydrogen-bond acceptors (Lipinski definition) is 1. The molecule has 0 aromatic heterocycles. The Bertz CT molecular complexity index is 165. The maximum atomic E-state index is 13.4. The number of rotatable bonds is 2. The van der Waals surface area contributed by atoms with Crippen LogP contribution in [-0.4, -0.2) is 12.7 Å². The van der Waals surface area contributed by atoms with Crippen LogP contribution in [0.5, 0.6) is 0 Å². The van der Waals surface area contributed by atoms with Gasteiger partial charge in [-0.3, -0.25) is 0 Å². The summed E-state index contributed by atoms with van der Waals surface area (Å²) in [5.74, 6) is 0.485. The normalized spacial score (nSPS) is 36.1. The van der Waals surface area contributed by atoms with Gasteiger partial charge in [-0.15, -0.1) is 0 Å². The number of allylic oxidation sites excluding steroid dienone is 1. The van der Waals surface area contributed by atoms with Gasteiger partial charge in [-0.2, -0.15) is 0 Å². The minimum Gasteiger partial charge on any atom is -0.392 e. The lowest BCUT2D eigenvalue weighted by Crippen LogP contribution is -2.28. The van der Waals surface area contributed by atoms with E-state index in [1.165, 1.54) is 0 Å². The maximum absolute atomic E-state index is 13.4. The monoisotopic (exact) mass is 171 g/mol. The lowest BCUT2D eigenvalue weighted by molar-refractivity contribution is 0.111. The van der Waals surface area contributed by atoms with E-state index in [2.05, 4.69) is 11.9 Å². The molecule has 70 valence electrons. The molecule has 0 saturated heterocycles. The maximum Gasteiger partial charge on any atom is 0.108 e. The Kier molecular flexibility index (Phi) is 2.76. The second-order valence-corrected chi connectivity index (χ2v) is 3.96. The standard InChI is InChI=1S/C10H18FN/c1-8(12-3)9-4-6-10(2,11)7-5-9/h9,12H,1,4-7H2,2-3H3. The summed E-state index contributed by atoms with van der Waals surface area (Å²) in [5.41, 5.74) is 0.135. The first kappa shape index (κ1) is 9.56. The Balaban J connectivity index is 2.41. The summed E-state index contributed by atoms with van der Waals surface area (Å²) in [4.78, 5) is 0. The van der Waals surface area contributed by atoms with E-state index in [4.69, 9.17) is 0 Å². The van der Waals surface area contributed by atoms with Gasteiger partial charge in [-0.05, 0) is 38.5 Å². The van der Waals surface area contributed by atoms with Gasteiger partial charge in [0.1, 0.15) is 5.67 Å². The minimum absolute atomic E-state index is 0.485. The molecule has 1 nitrogen and oxygen atoms in total. The number of alkyl halides is 1.